The number of aliphatic hydroxyl groups excluding tert-OH is 1. The molecule has 6 heteroatoms. The second kappa shape index (κ2) is 8.13. The van der Waals surface area contributed by atoms with Crippen molar-refractivity contribution in [3.8, 4) is 11.5 Å². The van der Waals surface area contributed by atoms with E-state index in [4.69, 9.17) is 9.47 Å². The molecule has 3 rings (SSSR count). The number of aliphatic hydroxyl groups is 1. The number of rotatable bonds is 5. The Morgan fingerprint density at radius 3 is 1.77 bits per heavy atom. The van der Waals surface area contributed by atoms with Gasteiger partial charge in [0.05, 0.1) is 20.1 Å². The van der Waals surface area contributed by atoms with Crippen molar-refractivity contribution in [1.29, 1.82) is 0 Å². The van der Waals surface area contributed by atoms with Gasteiger partial charge in [0.2, 0.25) is 0 Å². The molecule has 0 saturated heterocycles. The fraction of sp³-hybridized carbons (Fsp3) is 0.560. The van der Waals surface area contributed by atoms with Gasteiger partial charge >= 0.3 is 0 Å². The molecule has 168 valence electrons. The zero-order valence-corrected chi connectivity index (χ0v) is 19.2. The summed E-state index contributed by atoms with van der Waals surface area (Å²) >= 11 is 0. The van der Waals surface area contributed by atoms with Crippen molar-refractivity contribution < 1.29 is 29.0 Å². The van der Waals surface area contributed by atoms with E-state index in [0.717, 1.165) is 0 Å². The fourth-order valence-electron chi connectivity index (χ4n) is 4.97. The van der Waals surface area contributed by atoms with E-state index < -0.39 is 17.3 Å². The van der Waals surface area contributed by atoms with Crippen molar-refractivity contribution in [2.45, 2.75) is 59.3 Å². The maximum Gasteiger partial charge on any atom is 0.163 e. The highest BCUT2D eigenvalue weighted by atomic mass is 16.5. The standard InChI is InChI=1S/C25H32O6/c1-24(2)10-17(26)22(18(27)11-24)21(14-7-15(30-5)9-16(8-14)31-6)23-19(28)12-25(3,4)13-20(23)29/h7-9,21-22,28H,10-13H2,1-6H3/t21-/m1/s1. The lowest BCUT2D eigenvalue weighted by molar-refractivity contribution is -0.140. The van der Waals surface area contributed by atoms with E-state index in [1.165, 1.54) is 14.2 Å². The van der Waals surface area contributed by atoms with Crippen LogP contribution < -0.4 is 9.47 Å². The third-order valence-corrected chi connectivity index (χ3v) is 6.27. The van der Waals surface area contributed by atoms with Crippen LogP contribution in [0.5, 0.6) is 11.5 Å². The van der Waals surface area contributed by atoms with E-state index in [-0.39, 0.29) is 53.4 Å². The molecule has 0 heterocycles. The summed E-state index contributed by atoms with van der Waals surface area (Å²) in [6.45, 7) is 7.63. The summed E-state index contributed by atoms with van der Waals surface area (Å²) in [6.07, 6.45) is 1.04. The number of Topliss-reactive ketones (excluding diaryl/α,β-unsaturated/α-hetero) is 3. The minimum atomic E-state index is -1.02. The molecule has 1 aromatic carbocycles. The largest absolute Gasteiger partial charge is 0.512 e. The van der Waals surface area contributed by atoms with Crippen LogP contribution in [0.25, 0.3) is 0 Å². The predicted octanol–water partition coefficient (Wildman–Crippen LogP) is 4.56. The van der Waals surface area contributed by atoms with E-state index in [1.54, 1.807) is 18.2 Å². The number of hydrogen-bond donors (Lipinski definition) is 1. The third-order valence-electron chi connectivity index (χ3n) is 6.27. The number of carbonyl (C=O) groups excluding carboxylic acids is 3. The normalized spacial score (nSPS) is 22.5. The molecule has 1 N–H and O–H groups in total. The lowest BCUT2D eigenvalue weighted by atomic mass is 9.62. The number of hydrogen-bond acceptors (Lipinski definition) is 6. The second-order valence-corrected chi connectivity index (χ2v) is 10.4. The van der Waals surface area contributed by atoms with Crippen molar-refractivity contribution >= 4 is 17.3 Å². The van der Waals surface area contributed by atoms with E-state index >= 15 is 0 Å². The molecule has 0 spiro atoms. The van der Waals surface area contributed by atoms with Gasteiger partial charge < -0.3 is 14.6 Å². The maximum absolute atomic E-state index is 13.2. The van der Waals surface area contributed by atoms with Crippen LogP contribution in [0.2, 0.25) is 0 Å². The van der Waals surface area contributed by atoms with Crippen LogP contribution in [-0.2, 0) is 14.4 Å². The van der Waals surface area contributed by atoms with Crippen LogP contribution in [0.15, 0.2) is 29.5 Å². The quantitative estimate of drug-likeness (QED) is 0.692. The van der Waals surface area contributed by atoms with Crippen LogP contribution in [0.3, 0.4) is 0 Å². The first-order valence-electron chi connectivity index (χ1n) is 10.6. The zero-order valence-electron chi connectivity index (χ0n) is 19.2. The van der Waals surface area contributed by atoms with Crippen LogP contribution in [0.4, 0.5) is 0 Å². The Balaban J connectivity index is 2.22. The number of methoxy groups -OCH3 is 2. The topological polar surface area (TPSA) is 89.9 Å². The van der Waals surface area contributed by atoms with Gasteiger partial charge in [-0.25, -0.2) is 0 Å². The van der Waals surface area contributed by atoms with E-state index in [9.17, 15) is 19.5 Å². The van der Waals surface area contributed by atoms with Crippen LogP contribution in [-0.4, -0.2) is 36.7 Å². The molecular weight excluding hydrogens is 396 g/mol. The molecule has 1 saturated carbocycles. The average Bonchev–Trinajstić information content (AvgIpc) is 2.63. The van der Waals surface area contributed by atoms with E-state index in [2.05, 4.69) is 0 Å². The summed E-state index contributed by atoms with van der Waals surface area (Å²) in [5.41, 5.74) is -0.0848. The van der Waals surface area contributed by atoms with Crippen molar-refractivity contribution in [3.63, 3.8) is 0 Å². The Morgan fingerprint density at radius 2 is 1.32 bits per heavy atom. The lowest BCUT2D eigenvalue weighted by Gasteiger charge is -2.39. The molecule has 0 amide bonds. The van der Waals surface area contributed by atoms with Crippen LogP contribution in [0, 0.1) is 16.7 Å². The Hall–Kier alpha value is -2.63. The summed E-state index contributed by atoms with van der Waals surface area (Å²) in [5, 5.41) is 10.9. The molecular formula is C25H32O6. The van der Waals surface area contributed by atoms with Gasteiger partial charge in [0, 0.05) is 43.2 Å². The number of benzene rings is 1. The van der Waals surface area contributed by atoms with Gasteiger partial charge in [-0.15, -0.1) is 0 Å². The summed E-state index contributed by atoms with van der Waals surface area (Å²) < 4.78 is 10.8. The number of ether oxygens (including phenoxy) is 2. The summed E-state index contributed by atoms with van der Waals surface area (Å²) in [4.78, 5) is 39.7. The van der Waals surface area contributed by atoms with Gasteiger partial charge in [0.25, 0.3) is 0 Å². The Morgan fingerprint density at radius 1 is 0.839 bits per heavy atom. The van der Waals surface area contributed by atoms with Gasteiger partial charge in [-0.2, -0.15) is 0 Å². The Bertz CT molecular complexity index is 911. The molecule has 1 fully saturated rings. The van der Waals surface area contributed by atoms with Crippen molar-refractivity contribution in [2.24, 2.45) is 16.7 Å². The monoisotopic (exact) mass is 428 g/mol. The predicted molar refractivity (Wildman–Crippen MR) is 116 cm³/mol. The first kappa shape index (κ1) is 23.0. The molecule has 2 aliphatic carbocycles. The van der Waals surface area contributed by atoms with Crippen molar-refractivity contribution in [3.05, 3.63) is 35.1 Å². The third kappa shape index (κ3) is 4.68. The Kier molecular flexibility index (Phi) is 6.05. The number of allylic oxidation sites excluding steroid dienone is 2. The number of carbonyl (C=O) groups is 3. The highest BCUT2D eigenvalue weighted by Crippen LogP contribution is 2.48. The average molecular weight is 429 g/mol. The van der Waals surface area contributed by atoms with E-state index in [1.807, 2.05) is 27.7 Å². The molecule has 0 aliphatic heterocycles. The van der Waals surface area contributed by atoms with Crippen molar-refractivity contribution in [2.75, 3.05) is 14.2 Å². The first-order valence-corrected chi connectivity index (χ1v) is 10.6. The van der Waals surface area contributed by atoms with Crippen molar-refractivity contribution in [1.82, 2.24) is 0 Å². The Labute approximate surface area is 183 Å². The molecule has 1 aromatic rings. The molecule has 0 aromatic heterocycles. The van der Waals surface area contributed by atoms with Gasteiger partial charge in [0.1, 0.15) is 28.8 Å². The summed E-state index contributed by atoms with van der Waals surface area (Å²) in [6, 6.07) is 5.11. The van der Waals surface area contributed by atoms with Gasteiger partial charge in [-0.1, -0.05) is 27.7 Å². The van der Waals surface area contributed by atoms with Gasteiger partial charge in [-0.3, -0.25) is 14.4 Å². The summed E-state index contributed by atoms with van der Waals surface area (Å²) in [5.74, 6) is -1.60. The molecule has 0 unspecified atom stereocenters. The second-order valence-electron chi connectivity index (χ2n) is 10.4. The van der Waals surface area contributed by atoms with Gasteiger partial charge in [0.15, 0.2) is 5.78 Å². The van der Waals surface area contributed by atoms with Gasteiger partial charge in [-0.05, 0) is 28.5 Å². The molecule has 0 bridgehead atoms. The smallest absolute Gasteiger partial charge is 0.163 e. The highest BCUT2D eigenvalue weighted by molar-refractivity contribution is 6.09. The zero-order chi connectivity index (χ0) is 23.1. The minimum Gasteiger partial charge on any atom is -0.512 e. The molecule has 6 nitrogen and oxygen atoms in total. The number of ketones is 3. The van der Waals surface area contributed by atoms with E-state index in [0.29, 0.717) is 23.5 Å². The molecule has 2 aliphatic rings. The SMILES string of the molecule is COc1cc(OC)cc([C@@H](C2=C(O)CC(C)(C)CC2=O)C2C(=O)CC(C)(C)CC2=O)c1. The fourth-order valence-corrected chi connectivity index (χ4v) is 4.97. The maximum atomic E-state index is 13.2. The first-order chi connectivity index (χ1) is 14.4. The highest BCUT2D eigenvalue weighted by Gasteiger charge is 2.48. The van der Waals surface area contributed by atoms with Crippen LogP contribution >= 0.6 is 0 Å². The molecule has 0 radical (unpaired) electrons. The minimum absolute atomic E-state index is 0.0431. The van der Waals surface area contributed by atoms with Crippen LogP contribution in [0.1, 0.15) is 64.9 Å². The molecule has 31 heavy (non-hydrogen) atoms. The lowest BCUT2D eigenvalue weighted by Crippen LogP contribution is -2.43. The molecule has 1 atom stereocenters. The summed E-state index contributed by atoms with van der Waals surface area (Å²) in [7, 11) is 3.02.